The lowest BCUT2D eigenvalue weighted by Crippen LogP contribution is -2.48. The molecule has 0 spiro atoms. The van der Waals surface area contributed by atoms with Crippen molar-refractivity contribution < 1.29 is 24.2 Å². The highest BCUT2D eigenvalue weighted by Gasteiger charge is 2.32. The van der Waals surface area contributed by atoms with Crippen LogP contribution in [0.5, 0.6) is 0 Å². The molecule has 35 heavy (non-hydrogen) atoms. The average molecular weight is 479 g/mol. The van der Waals surface area contributed by atoms with Gasteiger partial charge < -0.3 is 20.5 Å². The molecular formula is C28H34N2O5. The lowest BCUT2D eigenvalue weighted by atomic mass is 9.83. The molecule has 0 bridgehead atoms. The minimum Gasteiger partial charge on any atom is -0.480 e. The van der Waals surface area contributed by atoms with Crippen LogP contribution in [0.3, 0.4) is 0 Å². The standard InChI is InChI=1S/C28H34N2O5/c1-18(26(31)30-25(27(32)33)19-9-3-2-4-10-19)15-16-29-28(34)35-17-24-22-13-7-5-11-20(22)21-12-6-8-14-23(21)24/h5-8,11-14,18-19,24-25H,2-4,9-10,15-17H2,1H3,(H,29,34)(H,30,31)(H,32,33). The summed E-state index contributed by atoms with van der Waals surface area (Å²) < 4.78 is 5.53. The third-order valence-corrected chi connectivity index (χ3v) is 7.32. The number of hydrogen-bond donors (Lipinski definition) is 3. The van der Waals surface area contributed by atoms with Crippen LogP contribution in [0.4, 0.5) is 4.79 Å². The summed E-state index contributed by atoms with van der Waals surface area (Å²) in [6.45, 7) is 2.25. The molecule has 1 fully saturated rings. The van der Waals surface area contributed by atoms with E-state index in [4.69, 9.17) is 4.74 Å². The maximum Gasteiger partial charge on any atom is 0.407 e. The Bertz CT molecular complexity index is 1020. The third kappa shape index (κ3) is 5.84. The minimum atomic E-state index is -0.978. The average Bonchev–Trinajstić information content (AvgIpc) is 3.19. The second-order valence-corrected chi connectivity index (χ2v) is 9.66. The summed E-state index contributed by atoms with van der Waals surface area (Å²) >= 11 is 0. The van der Waals surface area contributed by atoms with Gasteiger partial charge in [0.15, 0.2) is 0 Å². The summed E-state index contributed by atoms with van der Waals surface area (Å²) in [6, 6.07) is 15.5. The van der Waals surface area contributed by atoms with Crippen LogP contribution in [-0.2, 0) is 14.3 Å². The molecule has 1 saturated carbocycles. The topological polar surface area (TPSA) is 105 Å². The fourth-order valence-corrected chi connectivity index (χ4v) is 5.32. The number of alkyl carbamates (subject to hydrolysis) is 1. The van der Waals surface area contributed by atoms with Crippen LogP contribution in [0.2, 0.25) is 0 Å². The zero-order chi connectivity index (χ0) is 24.8. The highest BCUT2D eigenvalue weighted by atomic mass is 16.5. The van der Waals surface area contributed by atoms with Crippen molar-refractivity contribution >= 4 is 18.0 Å². The van der Waals surface area contributed by atoms with Crippen molar-refractivity contribution in [3.63, 3.8) is 0 Å². The summed E-state index contributed by atoms with van der Waals surface area (Å²) in [5.41, 5.74) is 4.64. The number of rotatable bonds is 9. The molecule has 2 amide bonds. The van der Waals surface area contributed by atoms with Gasteiger partial charge in [-0.25, -0.2) is 9.59 Å². The molecule has 0 aliphatic heterocycles. The number of carbonyl (C=O) groups is 3. The summed E-state index contributed by atoms with van der Waals surface area (Å²) in [6.07, 6.45) is 4.66. The number of carbonyl (C=O) groups excluding carboxylic acids is 2. The highest BCUT2D eigenvalue weighted by molar-refractivity contribution is 5.85. The van der Waals surface area contributed by atoms with Crippen molar-refractivity contribution in [3.05, 3.63) is 59.7 Å². The first kappa shape index (κ1) is 24.8. The SMILES string of the molecule is CC(CCNC(=O)OCC1c2ccccc2-c2ccccc21)C(=O)NC(C(=O)O)C1CCCCC1. The van der Waals surface area contributed by atoms with Crippen molar-refractivity contribution in [1.29, 1.82) is 0 Å². The zero-order valence-electron chi connectivity index (χ0n) is 20.2. The van der Waals surface area contributed by atoms with E-state index in [-0.39, 0.29) is 30.9 Å². The van der Waals surface area contributed by atoms with Crippen LogP contribution in [0.15, 0.2) is 48.5 Å². The van der Waals surface area contributed by atoms with Crippen LogP contribution >= 0.6 is 0 Å². The fraction of sp³-hybridized carbons (Fsp3) is 0.464. The van der Waals surface area contributed by atoms with Crippen LogP contribution in [-0.4, -0.2) is 42.3 Å². The molecule has 0 heterocycles. The lowest BCUT2D eigenvalue weighted by Gasteiger charge is -2.28. The minimum absolute atomic E-state index is 0.00871. The van der Waals surface area contributed by atoms with Gasteiger partial charge in [0.05, 0.1) is 0 Å². The van der Waals surface area contributed by atoms with Crippen molar-refractivity contribution in [1.82, 2.24) is 10.6 Å². The number of carboxylic acid groups (broad SMARTS) is 1. The Morgan fingerprint density at radius 1 is 0.971 bits per heavy atom. The summed E-state index contributed by atoms with van der Waals surface area (Å²) in [4.78, 5) is 36.6. The van der Waals surface area contributed by atoms with E-state index in [0.717, 1.165) is 43.2 Å². The summed E-state index contributed by atoms with van der Waals surface area (Å²) in [5.74, 6) is -1.72. The normalized spacial score (nSPS) is 17.1. The van der Waals surface area contributed by atoms with Gasteiger partial charge in [0.25, 0.3) is 0 Å². The number of ether oxygens (including phenoxy) is 1. The van der Waals surface area contributed by atoms with Gasteiger partial charge in [-0.3, -0.25) is 4.79 Å². The number of aliphatic carboxylic acids is 1. The van der Waals surface area contributed by atoms with Gasteiger partial charge in [0.1, 0.15) is 12.6 Å². The number of amides is 2. The fourth-order valence-electron chi connectivity index (χ4n) is 5.32. The molecule has 0 saturated heterocycles. The van der Waals surface area contributed by atoms with E-state index >= 15 is 0 Å². The molecule has 2 aliphatic carbocycles. The van der Waals surface area contributed by atoms with E-state index in [9.17, 15) is 19.5 Å². The highest BCUT2D eigenvalue weighted by Crippen LogP contribution is 2.44. The molecule has 7 nitrogen and oxygen atoms in total. The lowest BCUT2D eigenvalue weighted by molar-refractivity contribution is -0.144. The van der Waals surface area contributed by atoms with E-state index in [1.165, 1.54) is 11.1 Å². The number of carboxylic acids is 1. The number of nitrogens with one attached hydrogen (secondary N) is 2. The molecule has 0 aromatic heterocycles. The smallest absolute Gasteiger partial charge is 0.407 e. The van der Waals surface area contributed by atoms with Gasteiger partial charge in [0, 0.05) is 18.4 Å². The molecular weight excluding hydrogens is 444 g/mol. The molecule has 0 radical (unpaired) electrons. The van der Waals surface area contributed by atoms with Crippen LogP contribution in [0.25, 0.3) is 11.1 Å². The Morgan fingerprint density at radius 3 is 2.17 bits per heavy atom. The first-order valence-electron chi connectivity index (χ1n) is 12.6. The summed E-state index contributed by atoms with van der Waals surface area (Å²) in [5, 5.41) is 15.0. The van der Waals surface area contributed by atoms with E-state index in [0.29, 0.717) is 6.42 Å². The molecule has 7 heteroatoms. The van der Waals surface area contributed by atoms with Crippen LogP contribution < -0.4 is 10.6 Å². The zero-order valence-corrected chi connectivity index (χ0v) is 20.2. The molecule has 2 aromatic carbocycles. The predicted octanol–water partition coefficient (Wildman–Crippen LogP) is 4.70. The van der Waals surface area contributed by atoms with Crippen LogP contribution in [0.1, 0.15) is 62.5 Å². The quantitative estimate of drug-likeness (QED) is 0.485. The van der Waals surface area contributed by atoms with Gasteiger partial charge in [-0.1, -0.05) is 74.7 Å². The maximum absolute atomic E-state index is 12.6. The molecule has 2 unspecified atom stereocenters. The van der Waals surface area contributed by atoms with E-state index < -0.39 is 24.0 Å². The monoisotopic (exact) mass is 478 g/mol. The second kappa shape index (κ2) is 11.4. The molecule has 2 atom stereocenters. The first-order valence-corrected chi connectivity index (χ1v) is 12.6. The van der Waals surface area contributed by atoms with E-state index in [1.54, 1.807) is 6.92 Å². The molecule has 2 aromatic rings. The van der Waals surface area contributed by atoms with Gasteiger partial charge in [-0.2, -0.15) is 0 Å². The Kier molecular flexibility index (Phi) is 8.06. The molecule has 2 aliphatic rings. The van der Waals surface area contributed by atoms with Gasteiger partial charge in [-0.05, 0) is 47.4 Å². The number of fused-ring (bicyclic) bond motifs is 3. The van der Waals surface area contributed by atoms with Gasteiger partial charge in [0.2, 0.25) is 5.91 Å². The number of hydrogen-bond acceptors (Lipinski definition) is 4. The maximum atomic E-state index is 12.6. The molecule has 4 rings (SSSR count). The van der Waals surface area contributed by atoms with Crippen molar-refractivity contribution in [3.8, 4) is 11.1 Å². The predicted molar refractivity (Wildman–Crippen MR) is 133 cm³/mol. The molecule has 186 valence electrons. The van der Waals surface area contributed by atoms with E-state index in [1.807, 2.05) is 24.3 Å². The van der Waals surface area contributed by atoms with Gasteiger partial charge >= 0.3 is 12.1 Å². The summed E-state index contributed by atoms with van der Waals surface area (Å²) in [7, 11) is 0. The largest absolute Gasteiger partial charge is 0.480 e. The van der Waals surface area contributed by atoms with Crippen molar-refractivity contribution in [2.75, 3.05) is 13.2 Å². The Balaban J connectivity index is 1.23. The second-order valence-electron chi connectivity index (χ2n) is 9.66. The first-order chi connectivity index (χ1) is 17.0. The Morgan fingerprint density at radius 2 is 1.57 bits per heavy atom. The van der Waals surface area contributed by atoms with E-state index in [2.05, 4.69) is 34.9 Å². The van der Waals surface area contributed by atoms with Crippen LogP contribution in [0, 0.1) is 11.8 Å². The van der Waals surface area contributed by atoms with Crippen molar-refractivity contribution in [2.24, 2.45) is 11.8 Å². The molecule has 3 N–H and O–H groups in total. The van der Waals surface area contributed by atoms with Gasteiger partial charge in [-0.15, -0.1) is 0 Å². The van der Waals surface area contributed by atoms with Crippen molar-refractivity contribution in [2.45, 2.75) is 57.4 Å². The number of benzene rings is 2. The Hall–Kier alpha value is -3.35. The Labute approximate surface area is 206 Å². The third-order valence-electron chi connectivity index (χ3n) is 7.32.